The molecule has 1 aromatic rings. The lowest BCUT2D eigenvalue weighted by atomic mass is 10.1. The summed E-state index contributed by atoms with van der Waals surface area (Å²) in [5.41, 5.74) is 0.830. The van der Waals surface area contributed by atoms with Crippen molar-refractivity contribution in [1.82, 2.24) is 0 Å². The van der Waals surface area contributed by atoms with Gasteiger partial charge < -0.3 is 14.2 Å². The molecule has 0 spiro atoms. The molecule has 1 aliphatic heterocycles. The van der Waals surface area contributed by atoms with Crippen LogP contribution >= 0.6 is 0 Å². The maximum absolute atomic E-state index is 11.9. The van der Waals surface area contributed by atoms with Gasteiger partial charge in [0.15, 0.2) is 12.6 Å². The van der Waals surface area contributed by atoms with Crippen molar-refractivity contribution in [3.63, 3.8) is 0 Å². The molecular weight excluding hydrogens is 237 g/mol. The number of ether oxygens (including phenoxy) is 3. The van der Waals surface area contributed by atoms with Crippen molar-refractivity contribution >= 4 is 0 Å². The molecule has 0 N–H and O–H groups in total. The van der Waals surface area contributed by atoms with E-state index < -0.39 is 6.36 Å². The maximum atomic E-state index is 11.9. The smallest absolute Gasteiger partial charge is 0.406 e. The highest BCUT2D eigenvalue weighted by Crippen LogP contribution is 2.24. The van der Waals surface area contributed by atoms with E-state index in [0.29, 0.717) is 6.42 Å². The Kier molecular flexibility index (Phi) is 3.26. The van der Waals surface area contributed by atoms with Crippen molar-refractivity contribution < 1.29 is 27.4 Å². The summed E-state index contributed by atoms with van der Waals surface area (Å²) in [7, 11) is 0. The van der Waals surface area contributed by atoms with Crippen LogP contribution in [0.2, 0.25) is 0 Å². The van der Waals surface area contributed by atoms with E-state index in [1.54, 1.807) is 19.1 Å². The summed E-state index contributed by atoms with van der Waals surface area (Å²) in [6, 6.07) is 5.64. The van der Waals surface area contributed by atoms with Crippen molar-refractivity contribution in [2.75, 3.05) is 0 Å². The van der Waals surface area contributed by atoms with E-state index in [-0.39, 0.29) is 18.3 Å². The van der Waals surface area contributed by atoms with Crippen molar-refractivity contribution in [3.05, 3.63) is 29.8 Å². The van der Waals surface area contributed by atoms with Crippen LogP contribution in [0.25, 0.3) is 0 Å². The fourth-order valence-electron chi connectivity index (χ4n) is 1.55. The molecule has 1 heterocycles. The van der Waals surface area contributed by atoms with Crippen LogP contribution < -0.4 is 4.74 Å². The Morgan fingerprint density at radius 3 is 2.24 bits per heavy atom. The predicted molar refractivity (Wildman–Crippen MR) is 52.2 cm³/mol. The van der Waals surface area contributed by atoms with E-state index in [1.165, 1.54) is 12.1 Å². The molecule has 1 fully saturated rings. The third-order valence-electron chi connectivity index (χ3n) is 2.25. The van der Waals surface area contributed by atoms with Crippen molar-refractivity contribution in [2.45, 2.75) is 32.3 Å². The first-order chi connectivity index (χ1) is 7.92. The van der Waals surface area contributed by atoms with Gasteiger partial charge in [-0.3, -0.25) is 0 Å². The number of alkyl halides is 3. The monoisotopic (exact) mass is 248 g/mol. The third kappa shape index (κ3) is 3.61. The average molecular weight is 248 g/mol. The lowest BCUT2D eigenvalue weighted by Crippen LogP contribution is -2.40. The molecule has 3 nitrogen and oxygen atoms in total. The van der Waals surface area contributed by atoms with Gasteiger partial charge in [-0.25, -0.2) is 0 Å². The van der Waals surface area contributed by atoms with Crippen molar-refractivity contribution in [3.8, 4) is 5.75 Å². The Morgan fingerprint density at radius 2 is 1.76 bits per heavy atom. The van der Waals surface area contributed by atoms with Crippen LogP contribution in [0.1, 0.15) is 12.5 Å². The molecule has 0 amide bonds. The van der Waals surface area contributed by atoms with E-state index in [2.05, 4.69) is 4.74 Å². The van der Waals surface area contributed by atoms with Gasteiger partial charge in [0.25, 0.3) is 0 Å². The lowest BCUT2D eigenvalue weighted by molar-refractivity contribution is -0.374. The summed E-state index contributed by atoms with van der Waals surface area (Å²) in [5.74, 6) is -0.231. The van der Waals surface area contributed by atoms with E-state index in [9.17, 15) is 13.2 Å². The average Bonchev–Trinajstić information content (AvgIpc) is 2.16. The summed E-state index contributed by atoms with van der Waals surface area (Å²) in [4.78, 5) is 0. The van der Waals surface area contributed by atoms with E-state index >= 15 is 0 Å². The fourth-order valence-corrected chi connectivity index (χ4v) is 1.55. The molecule has 0 aliphatic carbocycles. The zero-order valence-corrected chi connectivity index (χ0v) is 9.03. The quantitative estimate of drug-likeness (QED) is 0.823. The van der Waals surface area contributed by atoms with Crippen LogP contribution in [0.15, 0.2) is 24.3 Å². The molecule has 0 unspecified atom stereocenters. The van der Waals surface area contributed by atoms with Crippen LogP contribution in [0.4, 0.5) is 13.2 Å². The third-order valence-corrected chi connectivity index (χ3v) is 2.25. The largest absolute Gasteiger partial charge is 0.573 e. The molecule has 0 bridgehead atoms. The highest BCUT2D eigenvalue weighted by molar-refractivity contribution is 5.27. The van der Waals surface area contributed by atoms with Crippen LogP contribution in [0.5, 0.6) is 5.75 Å². The SMILES string of the molecule is CC1OC(Cc2ccc(OC(F)(F)F)cc2)O1. The van der Waals surface area contributed by atoms with Gasteiger partial charge in [-0.1, -0.05) is 12.1 Å². The lowest BCUT2D eigenvalue weighted by Gasteiger charge is -2.33. The second kappa shape index (κ2) is 4.54. The molecule has 6 heteroatoms. The first-order valence-electron chi connectivity index (χ1n) is 5.08. The van der Waals surface area contributed by atoms with Gasteiger partial charge >= 0.3 is 6.36 Å². The van der Waals surface area contributed by atoms with Crippen molar-refractivity contribution in [1.29, 1.82) is 0 Å². The van der Waals surface area contributed by atoms with Crippen molar-refractivity contribution in [2.24, 2.45) is 0 Å². The number of rotatable bonds is 3. The molecule has 0 aromatic heterocycles. The number of benzene rings is 1. The van der Waals surface area contributed by atoms with E-state index in [4.69, 9.17) is 9.47 Å². The molecule has 0 atom stereocenters. The van der Waals surface area contributed by atoms with E-state index in [1.807, 2.05) is 0 Å². The van der Waals surface area contributed by atoms with Gasteiger partial charge in [-0.15, -0.1) is 13.2 Å². The number of halogens is 3. The molecule has 94 valence electrons. The summed E-state index contributed by atoms with van der Waals surface area (Å²) >= 11 is 0. The van der Waals surface area contributed by atoms with Crippen LogP contribution in [0, 0.1) is 0 Å². The topological polar surface area (TPSA) is 27.7 Å². The van der Waals surface area contributed by atoms with Gasteiger partial charge in [0, 0.05) is 6.42 Å². The minimum absolute atomic E-state index is 0.201. The first-order valence-corrected chi connectivity index (χ1v) is 5.08. The fraction of sp³-hybridized carbons (Fsp3) is 0.455. The number of hydrogen-bond acceptors (Lipinski definition) is 3. The van der Waals surface area contributed by atoms with Gasteiger partial charge in [0.1, 0.15) is 5.75 Å². The highest BCUT2D eigenvalue weighted by atomic mass is 19.4. The van der Waals surface area contributed by atoms with Gasteiger partial charge in [-0.2, -0.15) is 0 Å². The maximum Gasteiger partial charge on any atom is 0.573 e. The van der Waals surface area contributed by atoms with Gasteiger partial charge in [0.05, 0.1) is 0 Å². The molecule has 1 saturated heterocycles. The highest BCUT2D eigenvalue weighted by Gasteiger charge is 2.31. The molecule has 2 rings (SSSR count). The van der Waals surface area contributed by atoms with Crippen LogP contribution in [-0.4, -0.2) is 18.9 Å². The van der Waals surface area contributed by atoms with Crippen LogP contribution in [-0.2, 0) is 15.9 Å². The Morgan fingerprint density at radius 1 is 1.18 bits per heavy atom. The Labute approximate surface area is 96.1 Å². The molecule has 0 radical (unpaired) electrons. The summed E-state index contributed by atoms with van der Waals surface area (Å²) in [5, 5.41) is 0. The second-order valence-corrected chi connectivity index (χ2v) is 3.67. The normalized spacial score (nSPS) is 24.2. The predicted octanol–water partition coefficient (Wildman–Crippen LogP) is 2.85. The first kappa shape index (κ1) is 12.2. The zero-order chi connectivity index (χ0) is 12.5. The molecule has 1 aliphatic rings. The molecule has 0 saturated carbocycles. The minimum Gasteiger partial charge on any atom is -0.406 e. The standard InChI is InChI=1S/C11H11F3O3/c1-7-15-10(16-7)6-8-2-4-9(5-3-8)17-11(12,13)14/h2-5,7,10H,6H2,1H3. The number of hydrogen-bond donors (Lipinski definition) is 0. The molecular formula is C11H11F3O3. The Bertz CT molecular complexity index is 369. The molecule has 17 heavy (non-hydrogen) atoms. The molecule has 1 aromatic carbocycles. The Hall–Kier alpha value is -1.27. The Balaban J connectivity index is 1.89. The minimum atomic E-state index is -4.66. The summed E-state index contributed by atoms with van der Waals surface area (Å²) < 4.78 is 49.9. The summed E-state index contributed by atoms with van der Waals surface area (Å²) in [6.45, 7) is 1.77. The second-order valence-electron chi connectivity index (χ2n) is 3.67. The van der Waals surface area contributed by atoms with Gasteiger partial charge in [-0.05, 0) is 24.6 Å². The van der Waals surface area contributed by atoms with E-state index in [0.717, 1.165) is 5.56 Å². The van der Waals surface area contributed by atoms with Crippen LogP contribution in [0.3, 0.4) is 0 Å². The van der Waals surface area contributed by atoms with Gasteiger partial charge in [0.2, 0.25) is 0 Å². The zero-order valence-electron chi connectivity index (χ0n) is 9.03. The summed E-state index contributed by atoms with van der Waals surface area (Å²) in [6.07, 6.45) is -4.65.